The Kier molecular flexibility index (Phi) is 6.44. The summed E-state index contributed by atoms with van der Waals surface area (Å²) in [7, 11) is 0. The lowest BCUT2D eigenvalue weighted by atomic mass is 9.93. The second-order valence-electron chi connectivity index (χ2n) is 5.59. The number of carbonyl (C=O) groups excluding carboxylic acids is 1. The molecule has 0 saturated heterocycles. The van der Waals surface area contributed by atoms with Gasteiger partial charge < -0.3 is 20.1 Å². The van der Waals surface area contributed by atoms with Crippen molar-refractivity contribution in [1.29, 1.82) is 0 Å². The maximum atomic E-state index is 12.3. The van der Waals surface area contributed by atoms with Crippen LogP contribution in [-0.4, -0.2) is 55.1 Å². The van der Waals surface area contributed by atoms with Gasteiger partial charge in [-0.05, 0) is 24.0 Å². The molecule has 5 nitrogen and oxygen atoms in total. The standard InChI is InChI=1S/C16H21F3N2O3/c17-16(18,19)11-24-9-3-7-20-15(23)21-8-6-12-4-1-2-5-13(12)14(21)10-22/h1-2,4-5,14,22H,3,6-11H2,(H,20,23). The van der Waals surface area contributed by atoms with Gasteiger partial charge in [0.1, 0.15) is 6.61 Å². The number of nitrogens with zero attached hydrogens (tertiary/aromatic N) is 1. The molecule has 0 saturated carbocycles. The first-order valence-electron chi connectivity index (χ1n) is 7.80. The van der Waals surface area contributed by atoms with Crippen molar-refractivity contribution in [2.24, 2.45) is 0 Å². The minimum Gasteiger partial charge on any atom is -0.394 e. The fraction of sp³-hybridized carbons (Fsp3) is 0.562. The molecule has 0 aliphatic carbocycles. The highest BCUT2D eigenvalue weighted by molar-refractivity contribution is 5.75. The third-order valence-corrected chi connectivity index (χ3v) is 3.85. The molecule has 0 bridgehead atoms. The largest absolute Gasteiger partial charge is 0.411 e. The van der Waals surface area contributed by atoms with Crippen LogP contribution in [0.25, 0.3) is 0 Å². The van der Waals surface area contributed by atoms with Crippen LogP contribution in [0, 0.1) is 0 Å². The molecule has 0 radical (unpaired) electrons. The lowest BCUT2D eigenvalue weighted by Gasteiger charge is -2.36. The van der Waals surface area contributed by atoms with Crippen LogP contribution in [0.4, 0.5) is 18.0 Å². The average molecular weight is 346 g/mol. The number of benzene rings is 1. The highest BCUT2D eigenvalue weighted by Crippen LogP contribution is 2.29. The van der Waals surface area contributed by atoms with E-state index in [-0.39, 0.29) is 32.2 Å². The first kappa shape index (κ1) is 18.5. The molecule has 1 unspecified atom stereocenters. The number of aliphatic hydroxyl groups excluding tert-OH is 1. The lowest BCUT2D eigenvalue weighted by molar-refractivity contribution is -0.173. The molecule has 1 atom stereocenters. The summed E-state index contributed by atoms with van der Waals surface area (Å²) < 4.78 is 40.2. The van der Waals surface area contributed by atoms with Crippen molar-refractivity contribution in [3.8, 4) is 0 Å². The Morgan fingerprint density at radius 3 is 2.83 bits per heavy atom. The molecule has 8 heteroatoms. The Morgan fingerprint density at radius 1 is 1.38 bits per heavy atom. The predicted molar refractivity (Wildman–Crippen MR) is 81.6 cm³/mol. The van der Waals surface area contributed by atoms with Gasteiger partial charge in [-0.3, -0.25) is 0 Å². The van der Waals surface area contributed by atoms with Gasteiger partial charge in [0.25, 0.3) is 0 Å². The van der Waals surface area contributed by atoms with Crippen molar-refractivity contribution in [2.45, 2.75) is 25.1 Å². The fourth-order valence-electron chi connectivity index (χ4n) is 2.75. The Labute approximate surface area is 138 Å². The third kappa shape index (κ3) is 5.10. The first-order valence-corrected chi connectivity index (χ1v) is 7.80. The molecule has 1 aliphatic heterocycles. The van der Waals surface area contributed by atoms with Crippen molar-refractivity contribution in [3.63, 3.8) is 0 Å². The summed E-state index contributed by atoms with van der Waals surface area (Å²) in [5.41, 5.74) is 2.04. The molecule has 0 spiro atoms. The van der Waals surface area contributed by atoms with Crippen LogP contribution in [0.15, 0.2) is 24.3 Å². The summed E-state index contributed by atoms with van der Waals surface area (Å²) >= 11 is 0. The molecule has 2 rings (SSSR count). The number of alkyl halides is 3. The van der Waals surface area contributed by atoms with Gasteiger partial charge in [-0.1, -0.05) is 24.3 Å². The summed E-state index contributed by atoms with van der Waals surface area (Å²) in [5, 5.41) is 12.3. The summed E-state index contributed by atoms with van der Waals surface area (Å²) in [6.45, 7) is -0.840. The number of aliphatic hydroxyl groups is 1. The summed E-state index contributed by atoms with van der Waals surface area (Å²) in [4.78, 5) is 13.8. The van der Waals surface area contributed by atoms with E-state index >= 15 is 0 Å². The minimum atomic E-state index is -4.33. The van der Waals surface area contributed by atoms with Gasteiger partial charge in [0.05, 0.1) is 12.6 Å². The summed E-state index contributed by atoms with van der Waals surface area (Å²) in [6, 6.07) is 6.91. The monoisotopic (exact) mass is 346 g/mol. The minimum absolute atomic E-state index is 0.0773. The van der Waals surface area contributed by atoms with E-state index in [9.17, 15) is 23.1 Å². The quantitative estimate of drug-likeness (QED) is 0.777. The maximum Gasteiger partial charge on any atom is 0.411 e. The Bertz CT molecular complexity index is 552. The van der Waals surface area contributed by atoms with E-state index in [0.717, 1.165) is 11.1 Å². The van der Waals surface area contributed by atoms with E-state index in [1.165, 1.54) is 0 Å². The number of rotatable bonds is 6. The molecule has 134 valence electrons. The fourth-order valence-corrected chi connectivity index (χ4v) is 2.75. The highest BCUT2D eigenvalue weighted by atomic mass is 19.4. The zero-order chi connectivity index (χ0) is 17.6. The van der Waals surface area contributed by atoms with Crippen molar-refractivity contribution in [3.05, 3.63) is 35.4 Å². The number of halogens is 3. The second kappa shape index (κ2) is 8.34. The Morgan fingerprint density at radius 2 is 2.12 bits per heavy atom. The third-order valence-electron chi connectivity index (χ3n) is 3.85. The van der Waals surface area contributed by atoms with Crippen LogP contribution in [0.2, 0.25) is 0 Å². The van der Waals surface area contributed by atoms with Gasteiger partial charge in [-0.25, -0.2) is 4.79 Å². The zero-order valence-corrected chi connectivity index (χ0v) is 13.2. The molecule has 24 heavy (non-hydrogen) atoms. The summed E-state index contributed by atoms with van der Waals surface area (Å²) in [6.07, 6.45) is -3.34. The topological polar surface area (TPSA) is 61.8 Å². The van der Waals surface area contributed by atoms with E-state index in [0.29, 0.717) is 13.0 Å². The van der Waals surface area contributed by atoms with E-state index in [4.69, 9.17) is 0 Å². The number of urea groups is 1. The second-order valence-corrected chi connectivity index (χ2v) is 5.59. The molecule has 0 aromatic heterocycles. The molecule has 1 heterocycles. The number of fused-ring (bicyclic) bond motifs is 1. The van der Waals surface area contributed by atoms with E-state index < -0.39 is 18.8 Å². The lowest BCUT2D eigenvalue weighted by Crippen LogP contribution is -2.47. The molecular weight excluding hydrogens is 325 g/mol. The SMILES string of the molecule is O=C(NCCCOCC(F)(F)F)N1CCc2ccccc2C1CO. The number of hydrogen-bond donors (Lipinski definition) is 2. The van der Waals surface area contributed by atoms with Crippen LogP contribution in [-0.2, 0) is 11.2 Å². The number of carbonyl (C=O) groups is 1. The van der Waals surface area contributed by atoms with Gasteiger partial charge >= 0.3 is 12.2 Å². The Hall–Kier alpha value is -1.80. The number of ether oxygens (including phenoxy) is 1. The molecule has 1 aromatic carbocycles. The van der Waals surface area contributed by atoms with Gasteiger partial charge in [0, 0.05) is 19.7 Å². The zero-order valence-electron chi connectivity index (χ0n) is 13.2. The van der Waals surface area contributed by atoms with Crippen LogP contribution in [0.3, 0.4) is 0 Å². The normalized spacial score (nSPS) is 17.5. The van der Waals surface area contributed by atoms with Crippen LogP contribution >= 0.6 is 0 Å². The van der Waals surface area contributed by atoms with Crippen LogP contribution in [0.1, 0.15) is 23.6 Å². The molecular formula is C16H21F3N2O3. The summed E-state index contributed by atoms with van der Waals surface area (Å²) in [5.74, 6) is 0. The molecule has 0 fully saturated rings. The van der Waals surface area contributed by atoms with Crippen molar-refractivity contribution in [1.82, 2.24) is 10.2 Å². The van der Waals surface area contributed by atoms with Gasteiger partial charge in [0.2, 0.25) is 0 Å². The average Bonchev–Trinajstić information content (AvgIpc) is 2.55. The predicted octanol–water partition coefficient (Wildman–Crippen LogP) is 2.26. The molecule has 2 N–H and O–H groups in total. The smallest absolute Gasteiger partial charge is 0.394 e. The first-order chi connectivity index (χ1) is 11.4. The van der Waals surface area contributed by atoms with Crippen LogP contribution < -0.4 is 5.32 Å². The van der Waals surface area contributed by atoms with Crippen molar-refractivity contribution in [2.75, 3.05) is 32.9 Å². The molecule has 1 aliphatic rings. The van der Waals surface area contributed by atoms with E-state index in [1.54, 1.807) is 4.90 Å². The van der Waals surface area contributed by atoms with Crippen molar-refractivity contribution >= 4 is 6.03 Å². The van der Waals surface area contributed by atoms with E-state index in [2.05, 4.69) is 10.1 Å². The number of hydrogen-bond acceptors (Lipinski definition) is 3. The Balaban J connectivity index is 1.78. The van der Waals surface area contributed by atoms with Gasteiger partial charge in [-0.2, -0.15) is 13.2 Å². The van der Waals surface area contributed by atoms with E-state index in [1.807, 2.05) is 24.3 Å². The number of nitrogens with one attached hydrogen (secondary N) is 1. The van der Waals surface area contributed by atoms with Gasteiger partial charge in [0.15, 0.2) is 0 Å². The van der Waals surface area contributed by atoms with Crippen LogP contribution in [0.5, 0.6) is 0 Å². The van der Waals surface area contributed by atoms with Gasteiger partial charge in [-0.15, -0.1) is 0 Å². The highest BCUT2D eigenvalue weighted by Gasteiger charge is 2.30. The molecule has 1 aromatic rings. The number of amides is 2. The van der Waals surface area contributed by atoms with Crippen molar-refractivity contribution < 1.29 is 27.8 Å². The maximum absolute atomic E-state index is 12.3. The molecule has 2 amide bonds.